The monoisotopic (exact) mass is 275 g/mol. The number of carboxylic acids is 1. The van der Waals surface area contributed by atoms with Gasteiger partial charge in [0, 0.05) is 5.41 Å². The van der Waals surface area contributed by atoms with Crippen LogP contribution in [-0.4, -0.2) is 16.1 Å². The van der Waals surface area contributed by atoms with Crippen molar-refractivity contribution in [3.05, 3.63) is 17.3 Å². The summed E-state index contributed by atoms with van der Waals surface area (Å²) in [7, 11) is 0. The molecular formula is C16H21NO3. The van der Waals surface area contributed by atoms with Crippen LogP contribution >= 0.6 is 0 Å². The summed E-state index contributed by atoms with van der Waals surface area (Å²) < 4.78 is 5.81. The fraction of sp³-hybridized carbons (Fsp3) is 0.750. The lowest BCUT2D eigenvalue weighted by Crippen LogP contribution is -2.53. The van der Waals surface area contributed by atoms with Gasteiger partial charge in [0.15, 0.2) is 5.69 Å². The summed E-state index contributed by atoms with van der Waals surface area (Å²) >= 11 is 0. The smallest absolute Gasteiger partial charge is 0.358 e. The van der Waals surface area contributed by atoms with Crippen LogP contribution in [-0.2, 0) is 5.41 Å². The Hall–Kier alpha value is -1.32. The molecule has 4 aliphatic carbocycles. The maximum Gasteiger partial charge on any atom is 0.358 e. The van der Waals surface area contributed by atoms with Crippen LogP contribution in [0.2, 0.25) is 0 Å². The second-order valence-electron chi connectivity index (χ2n) is 7.78. The lowest BCUT2D eigenvalue weighted by atomic mass is 9.44. The third kappa shape index (κ3) is 1.60. The van der Waals surface area contributed by atoms with Gasteiger partial charge in [0.05, 0.1) is 0 Å². The average Bonchev–Trinajstić information content (AvgIpc) is 2.68. The summed E-state index contributed by atoms with van der Waals surface area (Å²) in [6.45, 7) is 4.11. The SMILES string of the molecule is Cc1oc(C23CC4CC(CC(C)(C4)C2)C3)nc1C(=O)O. The zero-order chi connectivity index (χ0) is 14.1. The maximum absolute atomic E-state index is 11.2. The molecule has 2 unspecified atom stereocenters. The van der Waals surface area contributed by atoms with Gasteiger partial charge in [-0.25, -0.2) is 9.78 Å². The predicted octanol–water partition coefficient (Wildman–Crippen LogP) is 3.54. The van der Waals surface area contributed by atoms with Gasteiger partial charge in [-0.1, -0.05) is 6.92 Å². The number of aryl methyl sites for hydroxylation is 1. The van der Waals surface area contributed by atoms with E-state index in [1.165, 1.54) is 19.3 Å². The third-order valence-corrected chi connectivity index (χ3v) is 5.81. The van der Waals surface area contributed by atoms with Gasteiger partial charge in [-0.3, -0.25) is 0 Å². The van der Waals surface area contributed by atoms with Crippen molar-refractivity contribution in [1.29, 1.82) is 0 Å². The highest BCUT2D eigenvalue weighted by Crippen LogP contribution is 2.65. The van der Waals surface area contributed by atoms with E-state index in [0.29, 0.717) is 17.1 Å². The molecule has 5 rings (SSSR count). The molecular weight excluding hydrogens is 254 g/mol. The van der Waals surface area contributed by atoms with Gasteiger partial charge in [0.1, 0.15) is 5.76 Å². The quantitative estimate of drug-likeness (QED) is 0.896. The number of aromatic nitrogens is 1. The van der Waals surface area contributed by atoms with Crippen molar-refractivity contribution in [2.45, 2.75) is 57.8 Å². The van der Waals surface area contributed by atoms with Gasteiger partial charge in [0.2, 0.25) is 5.89 Å². The predicted molar refractivity (Wildman–Crippen MR) is 72.7 cm³/mol. The van der Waals surface area contributed by atoms with Crippen LogP contribution in [0.4, 0.5) is 0 Å². The Kier molecular flexibility index (Phi) is 2.27. The van der Waals surface area contributed by atoms with Crippen LogP contribution < -0.4 is 0 Å². The molecule has 4 heteroatoms. The first-order valence-corrected chi connectivity index (χ1v) is 7.60. The Morgan fingerprint density at radius 2 is 1.95 bits per heavy atom. The van der Waals surface area contributed by atoms with E-state index in [-0.39, 0.29) is 11.1 Å². The van der Waals surface area contributed by atoms with Gasteiger partial charge in [-0.05, 0) is 62.7 Å². The third-order valence-electron chi connectivity index (χ3n) is 5.81. The Morgan fingerprint density at radius 1 is 1.30 bits per heavy atom. The van der Waals surface area contributed by atoms with Gasteiger partial charge >= 0.3 is 5.97 Å². The maximum atomic E-state index is 11.2. The number of carboxylic acid groups (broad SMARTS) is 1. The van der Waals surface area contributed by atoms with E-state index in [1.54, 1.807) is 6.92 Å². The number of nitrogens with zero attached hydrogens (tertiary/aromatic N) is 1. The fourth-order valence-corrected chi connectivity index (χ4v) is 5.79. The topological polar surface area (TPSA) is 63.3 Å². The first-order valence-electron chi connectivity index (χ1n) is 7.60. The molecule has 0 saturated heterocycles. The highest BCUT2D eigenvalue weighted by Gasteiger charge is 2.58. The van der Waals surface area contributed by atoms with Crippen molar-refractivity contribution in [3.8, 4) is 0 Å². The highest BCUT2D eigenvalue weighted by atomic mass is 16.4. The van der Waals surface area contributed by atoms with Crippen LogP contribution in [0.15, 0.2) is 4.42 Å². The Bertz CT molecular complexity index is 575. The lowest BCUT2D eigenvalue weighted by molar-refractivity contribution is -0.0711. The molecule has 0 aliphatic heterocycles. The lowest BCUT2D eigenvalue weighted by Gasteiger charge is -2.60. The normalized spacial score (nSPS) is 42.1. The summed E-state index contributed by atoms with van der Waals surface area (Å²) in [5.74, 6) is 1.73. The van der Waals surface area contributed by atoms with E-state index in [1.807, 2.05) is 0 Å². The number of aromatic carboxylic acids is 1. The summed E-state index contributed by atoms with van der Waals surface area (Å²) in [6, 6.07) is 0. The molecule has 0 amide bonds. The van der Waals surface area contributed by atoms with Crippen LogP contribution in [0, 0.1) is 24.2 Å². The van der Waals surface area contributed by atoms with E-state index in [0.717, 1.165) is 31.1 Å². The fourth-order valence-electron chi connectivity index (χ4n) is 5.79. The molecule has 1 aromatic heterocycles. The molecule has 4 nitrogen and oxygen atoms in total. The molecule has 0 radical (unpaired) electrons. The van der Waals surface area contributed by atoms with Crippen molar-refractivity contribution in [2.24, 2.45) is 17.3 Å². The molecule has 1 N–H and O–H groups in total. The van der Waals surface area contributed by atoms with Crippen molar-refractivity contribution in [3.63, 3.8) is 0 Å². The summed E-state index contributed by atoms with van der Waals surface area (Å²) in [4.78, 5) is 15.6. The van der Waals surface area contributed by atoms with E-state index in [2.05, 4.69) is 11.9 Å². The zero-order valence-corrected chi connectivity index (χ0v) is 12.1. The number of hydrogen-bond donors (Lipinski definition) is 1. The van der Waals surface area contributed by atoms with E-state index in [9.17, 15) is 9.90 Å². The van der Waals surface area contributed by atoms with Crippen LogP contribution in [0.3, 0.4) is 0 Å². The van der Waals surface area contributed by atoms with Crippen molar-refractivity contribution >= 4 is 5.97 Å². The second-order valence-corrected chi connectivity index (χ2v) is 7.78. The molecule has 0 aromatic carbocycles. The summed E-state index contributed by atoms with van der Waals surface area (Å²) in [5, 5.41) is 9.19. The standard InChI is InChI=1S/C16H21NO3/c1-9-12(13(18)19)17-14(20-9)16-6-10-3-11(7-16)5-15(2,4-10)8-16/h10-11H,3-8H2,1-2H3,(H,18,19). The number of oxazole rings is 1. The first kappa shape index (κ1) is 12.4. The van der Waals surface area contributed by atoms with Gasteiger partial charge in [-0.2, -0.15) is 0 Å². The Balaban J connectivity index is 1.78. The highest BCUT2D eigenvalue weighted by molar-refractivity contribution is 5.86. The number of hydrogen-bond acceptors (Lipinski definition) is 3. The van der Waals surface area contributed by atoms with E-state index < -0.39 is 5.97 Å². The Labute approximate surface area is 118 Å². The molecule has 0 spiro atoms. The minimum Gasteiger partial charge on any atom is -0.476 e. The largest absolute Gasteiger partial charge is 0.476 e. The van der Waals surface area contributed by atoms with E-state index >= 15 is 0 Å². The van der Waals surface area contributed by atoms with Crippen molar-refractivity contribution in [2.75, 3.05) is 0 Å². The summed E-state index contributed by atoms with van der Waals surface area (Å²) in [6.07, 6.45) is 7.40. The molecule has 4 aliphatic rings. The van der Waals surface area contributed by atoms with Crippen LogP contribution in [0.1, 0.15) is 67.6 Å². The molecule has 108 valence electrons. The molecule has 1 heterocycles. The zero-order valence-electron chi connectivity index (χ0n) is 12.1. The molecule has 1 aromatic rings. The molecule has 20 heavy (non-hydrogen) atoms. The first-order chi connectivity index (χ1) is 9.39. The Morgan fingerprint density at radius 3 is 2.45 bits per heavy atom. The molecule has 2 atom stereocenters. The number of rotatable bonds is 2. The minimum absolute atomic E-state index is 0.0112. The van der Waals surface area contributed by atoms with Gasteiger partial charge in [-0.15, -0.1) is 0 Å². The van der Waals surface area contributed by atoms with Crippen molar-refractivity contribution < 1.29 is 14.3 Å². The molecule has 4 bridgehead atoms. The average molecular weight is 275 g/mol. The van der Waals surface area contributed by atoms with Crippen LogP contribution in [0.25, 0.3) is 0 Å². The minimum atomic E-state index is -0.978. The van der Waals surface area contributed by atoms with Crippen LogP contribution in [0.5, 0.6) is 0 Å². The van der Waals surface area contributed by atoms with Crippen molar-refractivity contribution in [1.82, 2.24) is 4.98 Å². The van der Waals surface area contributed by atoms with E-state index in [4.69, 9.17) is 4.42 Å². The molecule has 4 saturated carbocycles. The number of carbonyl (C=O) groups is 1. The van der Waals surface area contributed by atoms with Gasteiger partial charge in [0.25, 0.3) is 0 Å². The summed E-state index contributed by atoms with van der Waals surface area (Å²) in [5.41, 5.74) is 0.522. The van der Waals surface area contributed by atoms with Gasteiger partial charge < -0.3 is 9.52 Å². The molecule has 4 fully saturated rings. The second kappa shape index (κ2) is 3.66.